The first kappa shape index (κ1) is 22.5. The number of para-hydroxylation sites is 1. The van der Waals surface area contributed by atoms with E-state index in [1.165, 1.54) is 5.56 Å². The van der Waals surface area contributed by atoms with Crippen LogP contribution in [0.25, 0.3) is 0 Å². The van der Waals surface area contributed by atoms with E-state index in [0.29, 0.717) is 42.4 Å². The number of rotatable bonds is 6. The molecule has 1 fully saturated rings. The number of hydrogen-bond acceptors (Lipinski definition) is 5. The Balaban J connectivity index is 1.43. The van der Waals surface area contributed by atoms with E-state index in [1.807, 2.05) is 49.4 Å². The monoisotopic (exact) mass is 468 g/mol. The second-order valence-corrected chi connectivity index (χ2v) is 8.64. The number of thiocarbonyl (C=S) groups is 1. The van der Waals surface area contributed by atoms with E-state index in [2.05, 4.69) is 32.7 Å². The zero-order valence-corrected chi connectivity index (χ0v) is 19.4. The van der Waals surface area contributed by atoms with Crippen LogP contribution in [0.3, 0.4) is 0 Å². The van der Waals surface area contributed by atoms with Gasteiger partial charge < -0.3 is 20.1 Å². The van der Waals surface area contributed by atoms with Gasteiger partial charge in [-0.15, -0.1) is 0 Å². The molecule has 0 spiro atoms. The van der Waals surface area contributed by atoms with E-state index in [0.717, 1.165) is 23.6 Å². The van der Waals surface area contributed by atoms with Gasteiger partial charge in [0.05, 0.1) is 0 Å². The van der Waals surface area contributed by atoms with Crippen LogP contribution in [-0.2, 0) is 10.2 Å². The van der Waals surface area contributed by atoms with Gasteiger partial charge in [0.25, 0.3) is 0 Å². The van der Waals surface area contributed by atoms with Crippen molar-refractivity contribution in [1.29, 1.82) is 0 Å². The molecule has 0 atom stereocenters. The lowest BCUT2D eigenvalue weighted by Gasteiger charge is -2.38. The highest BCUT2D eigenvalue weighted by Crippen LogP contribution is 2.35. The van der Waals surface area contributed by atoms with Crippen LogP contribution in [-0.4, -0.2) is 34.8 Å². The fourth-order valence-electron chi connectivity index (χ4n) is 3.79. The minimum atomic E-state index is -0.0797. The Labute approximate surface area is 198 Å². The molecule has 6 nitrogen and oxygen atoms in total. The van der Waals surface area contributed by atoms with Crippen molar-refractivity contribution < 1.29 is 9.47 Å². The van der Waals surface area contributed by atoms with Gasteiger partial charge in [-0.05, 0) is 61.8 Å². The Hall–Kier alpha value is -2.74. The highest BCUT2D eigenvalue weighted by molar-refractivity contribution is 7.80. The summed E-state index contributed by atoms with van der Waals surface area (Å²) in [5.41, 5.74) is 1.92. The van der Waals surface area contributed by atoms with Crippen LogP contribution < -0.4 is 15.4 Å². The zero-order valence-electron chi connectivity index (χ0n) is 17.8. The Kier molecular flexibility index (Phi) is 7.19. The molecule has 0 bridgehead atoms. The van der Waals surface area contributed by atoms with Gasteiger partial charge >= 0.3 is 0 Å². The van der Waals surface area contributed by atoms with E-state index in [9.17, 15) is 0 Å². The molecule has 0 amide bonds. The molecule has 2 N–H and O–H groups in total. The molecule has 4 rings (SSSR count). The minimum Gasteiger partial charge on any atom is -0.439 e. The molecular formula is C24H25ClN4O2S. The number of halogens is 1. The molecule has 166 valence electrons. The quantitative estimate of drug-likeness (QED) is 0.478. The molecule has 1 aliphatic rings. The van der Waals surface area contributed by atoms with Crippen LogP contribution in [0.4, 0.5) is 5.95 Å². The molecule has 2 aromatic carbocycles. The maximum atomic E-state index is 6.10. The van der Waals surface area contributed by atoms with Crippen molar-refractivity contribution in [2.24, 2.45) is 0 Å². The summed E-state index contributed by atoms with van der Waals surface area (Å²) in [5.74, 6) is 1.55. The summed E-state index contributed by atoms with van der Waals surface area (Å²) in [6, 6.07) is 19.3. The smallest absolute Gasteiger partial charge is 0.232 e. The fourth-order valence-corrected chi connectivity index (χ4v) is 4.07. The van der Waals surface area contributed by atoms with Crippen LogP contribution in [0.5, 0.6) is 11.6 Å². The van der Waals surface area contributed by atoms with Gasteiger partial charge in [0.2, 0.25) is 11.8 Å². The molecule has 0 aliphatic carbocycles. The lowest BCUT2D eigenvalue weighted by molar-refractivity contribution is 0.0515. The van der Waals surface area contributed by atoms with E-state index >= 15 is 0 Å². The lowest BCUT2D eigenvalue weighted by atomic mass is 9.74. The highest BCUT2D eigenvalue weighted by atomic mass is 35.5. The normalized spacial score (nSPS) is 15.1. The summed E-state index contributed by atoms with van der Waals surface area (Å²) in [7, 11) is 0. The maximum absolute atomic E-state index is 6.10. The van der Waals surface area contributed by atoms with Gasteiger partial charge in [0.15, 0.2) is 5.11 Å². The van der Waals surface area contributed by atoms with Crippen molar-refractivity contribution >= 4 is 34.9 Å². The average molecular weight is 469 g/mol. The third-order valence-electron chi connectivity index (χ3n) is 5.52. The van der Waals surface area contributed by atoms with Crippen LogP contribution in [0.15, 0.2) is 60.7 Å². The zero-order chi connectivity index (χ0) is 22.4. The van der Waals surface area contributed by atoms with E-state index < -0.39 is 0 Å². The predicted octanol–water partition coefficient (Wildman–Crippen LogP) is 5.27. The van der Waals surface area contributed by atoms with Crippen molar-refractivity contribution in [1.82, 2.24) is 15.3 Å². The number of benzene rings is 2. The molecule has 1 saturated heterocycles. The van der Waals surface area contributed by atoms with Gasteiger partial charge in [0.1, 0.15) is 5.75 Å². The molecule has 0 saturated carbocycles. The van der Waals surface area contributed by atoms with Crippen LogP contribution in [0.1, 0.15) is 24.1 Å². The Morgan fingerprint density at radius 1 is 1.09 bits per heavy atom. The molecule has 1 aromatic heterocycles. The molecule has 1 aliphatic heterocycles. The summed E-state index contributed by atoms with van der Waals surface area (Å²) in [6.07, 6.45) is 1.81. The minimum absolute atomic E-state index is 0.0797. The third-order valence-corrected chi connectivity index (χ3v) is 6.01. The van der Waals surface area contributed by atoms with Crippen molar-refractivity contribution in [3.05, 3.63) is 76.9 Å². The number of nitrogens with zero attached hydrogens (tertiary/aromatic N) is 2. The Morgan fingerprint density at radius 2 is 1.81 bits per heavy atom. The molecule has 0 unspecified atom stereocenters. The Morgan fingerprint density at radius 3 is 2.53 bits per heavy atom. The number of ether oxygens (including phenoxy) is 2. The molecule has 0 radical (unpaired) electrons. The molecule has 32 heavy (non-hydrogen) atoms. The second-order valence-electron chi connectivity index (χ2n) is 7.79. The fraction of sp³-hybridized carbons (Fsp3) is 0.292. The SMILES string of the molecule is Cc1cc(Oc2ccccc2)nc(NC(=S)NCC2(c3ccc(Cl)cc3)CCOCC2)n1. The van der Waals surface area contributed by atoms with Crippen molar-refractivity contribution in [2.45, 2.75) is 25.2 Å². The Bertz CT molecular complexity index is 1060. The van der Waals surface area contributed by atoms with E-state index in [1.54, 1.807) is 6.07 Å². The van der Waals surface area contributed by atoms with Crippen LogP contribution >= 0.6 is 23.8 Å². The first-order chi connectivity index (χ1) is 15.5. The van der Waals surface area contributed by atoms with Gasteiger partial charge in [-0.25, -0.2) is 4.98 Å². The summed E-state index contributed by atoms with van der Waals surface area (Å²) < 4.78 is 11.5. The topological polar surface area (TPSA) is 68.3 Å². The van der Waals surface area contributed by atoms with Crippen molar-refractivity contribution in [3.63, 3.8) is 0 Å². The summed E-state index contributed by atoms with van der Waals surface area (Å²) >= 11 is 11.6. The molecule has 3 aromatic rings. The first-order valence-corrected chi connectivity index (χ1v) is 11.3. The molecule has 2 heterocycles. The van der Waals surface area contributed by atoms with E-state index in [-0.39, 0.29) is 5.41 Å². The first-order valence-electron chi connectivity index (χ1n) is 10.5. The number of aryl methyl sites for hydroxylation is 1. The van der Waals surface area contributed by atoms with Crippen molar-refractivity contribution in [3.8, 4) is 11.6 Å². The van der Waals surface area contributed by atoms with Crippen LogP contribution in [0.2, 0.25) is 5.02 Å². The third kappa shape index (κ3) is 5.73. The summed E-state index contributed by atoms with van der Waals surface area (Å²) in [4.78, 5) is 8.87. The van der Waals surface area contributed by atoms with Crippen LogP contribution in [0, 0.1) is 6.92 Å². The molecule has 8 heteroatoms. The number of aromatic nitrogens is 2. The van der Waals surface area contributed by atoms with Crippen molar-refractivity contribution in [2.75, 3.05) is 25.1 Å². The number of hydrogen-bond donors (Lipinski definition) is 2. The lowest BCUT2D eigenvalue weighted by Crippen LogP contribution is -2.45. The number of anilines is 1. The maximum Gasteiger partial charge on any atom is 0.232 e. The van der Waals surface area contributed by atoms with E-state index in [4.69, 9.17) is 33.3 Å². The summed E-state index contributed by atoms with van der Waals surface area (Å²) in [6.45, 7) is 3.99. The van der Waals surface area contributed by atoms with Gasteiger partial charge in [-0.3, -0.25) is 0 Å². The van der Waals surface area contributed by atoms with Gasteiger partial charge in [-0.1, -0.05) is 41.9 Å². The largest absolute Gasteiger partial charge is 0.439 e. The molecular weight excluding hydrogens is 444 g/mol. The van der Waals surface area contributed by atoms with Gasteiger partial charge in [0, 0.05) is 42.0 Å². The number of nitrogens with one attached hydrogen (secondary N) is 2. The predicted molar refractivity (Wildman–Crippen MR) is 131 cm³/mol. The van der Waals surface area contributed by atoms with Gasteiger partial charge in [-0.2, -0.15) is 4.98 Å². The average Bonchev–Trinajstić information content (AvgIpc) is 2.79. The highest BCUT2D eigenvalue weighted by Gasteiger charge is 2.34. The summed E-state index contributed by atoms with van der Waals surface area (Å²) in [5, 5.41) is 7.63. The standard InChI is InChI=1S/C24H25ClN4O2S/c1-17-15-21(31-20-5-3-2-4-6-20)28-22(27-17)29-23(32)26-16-24(11-13-30-14-12-24)18-7-9-19(25)10-8-18/h2-10,15H,11-14,16H2,1H3,(H2,26,27,28,29,32). The second kappa shape index (κ2) is 10.3.